The predicted octanol–water partition coefficient (Wildman–Crippen LogP) is -0.621. The van der Waals surface area contributed by atoms with Gasteiger partial charge in [-0.3, -0.25) is 9.59 Å². The molecule has 0 aromatic carbocycles. The van der Waals surface area contributed by atoms with Crippen LogP contribution in [0, 0.1) is 0 Å². The molecule has 7 heteroatoms. The molecule has 1 rings (SSSR count). The molecule has 0 aromatic rings. The normalized spacial score (nSPS) is 22.2. The number of hydrogen-bond donors (Lipinski definition) is 2. The van der Waals surface area contributed by atoms with E-state index in [0.29, 0.717) is 19.7 Å². The van der Waals surface area contributed by atoms with Crippen LogP contribution < -0.4 is 5.73 Å². The first-order valence-corrected chi connectivity index (χ1v) is 6.61. The Morgan fingerprint density at radius 2 is 2.35 bits per heavy atom. The topological polar surface area (TPSA) is 92.9 Å². The molecule has 98 valence electrons. The van der Waals surface area contributed by atoms with Crippen molar-refractivity contribution in [2.24, 2.45) is 5.73 Å². The number of ether oxygens (including phenoxy) is 1. The summed E-state index contributed by atoms with van der Waals surface area (Å²) in [5.74, 6) is -0.498. The molecule has 0 spiro atoms. The Kier molecular flexibility index (Phi) is 5.73. The van der Waals surface area contributed by atoms with Crippen molar-refractivity contribution in [3.63, 3.8) is 0 Å². The first-order valence-electron chi connectivity index (χ1n) is 5.46. The number of rotatable bonds is 5. The predicted molar refractivity (Wildman–Crippen MR) is 64.9 cm³/mol. The summed E-state index contributed by atoms with van der Waals surface area (Å²) < 4.78 is 5.33. The number of nitrogens with two attached hydrogens (primary N) is 1. The third-order valence-electron chi connectivity index (χ3n) is 2.43. The van der Waals surface area contributed by atoms with Crippen LogP contribution in [0.25, 0.3) is 0 Å². The van der Waals surface area contributed by atoms with E-state index in [1.54, 1.807) is 4.90 Å². The van der Waals surface area contributed by atoms with Gasteiger partial charge in [-0.25, -0.2) is 0 Å². The number of amides is 1. The van der Waals surface area contributed by atoms with E-state index >= 15 is 0 Å². The molecule has 1 aliphatic heterocycles. The van der Waals surface area contributed by atoms with Gasteiger partial charge >= 0.3 is 5.97 Å². The average molecular weight is 262 g/mol. The Balaban J connectivity index is 2.22. The summed E-state index contributed by atoms with van der Waals surface area (Å²) in [7, 11) is 0. The highest BCUT2D eigenvalue weighted by Gasteiger charge is 2.21. The average Bonchev–Trinajstić information content (AvgIpc) is 2.28. The Morgan fingerprint density at radius 3 is 2.94 bits per heavy atom. The summed E-state index contributed by atoms with van der Waals surface area (Å²) in [6.07, 6.45) is 0.0685. The van der Waals surface area contributed by atoms with Gasteiger partial charge in [0.05, 0.1) is 18.5 Å². The summed E-state index contributed by atoms with van der Waals surface area (Å²) >= 11 is 1.25. The van der Waals surface area contributed by atoms with Gasteiger partial charge in [0, 0.05) is 18.8 Å². The van der Waals surface area contributed by atoms with Gasteiger partial charge in [-0.1, -0.05) is 0 Å². The lowest BCUT2D eigenvalue weighted by atomic mass is 10.3. The van der Waals surface area contributed by atoms with Crippen molar-refractivity contribution in [1.29, 1.82) is 0 Å². The molecule has 0 radical (unpaired) electrons. The van der Waals surface area contributed by atoms with Gasteiger partial charge in [-0.2, -0.15) is 0 Å². The standard InChI is InChI=1S/C10H18N2O4S/c1-7-4-12(2-3-16-7)9(13)6-17-5-8(11)10(14)15/h7-8H,2-6,11H2,1H3,(H,14,15)/t7?,8-/m0/s1. The maximum atomic E-state index is 11.8. The zero-order chi connectivity index (χ0) is 12.8. The van der Waals surface area contributed by atoms with Crippen molar-refractivity contribution in [1.82, 2.24) is 4.90 Å². The van der Waals surface area contributed by atoms with E-state index in [4.69, 9.17) is 15.6 Å². The molecule has 1 aliphatic rings. The van der Waals surface area contributed by atoms with Gasteiger partial charge in [0.25, 0.3) is 0 Å². The van der Waals surface area contributed by atoms with Gasteiger partial charge in [-0.15, -0.1) is 11.8 Å². The lowest BCUT2D eigenvalue weighted by Crippen LogP contribution is -2.45. The summed E-state index contributed by atoms with van der Waals surface area (Å²) in [6, 6.07) is -0.906. The third kappa shape index (κ3) is 4.93. The molecule has 1 amide bonds. The molecular weight excluding hydrogens is 244 g/mol. The maximum absolute atomic E-state index is 11.8. The second kappa shape index (κ2) is 6.83. The van der Waals surface area contributed by atoms with Crippen molar-refractivity contribution in [3.05, 3.63) is 0 Å². The lowest BCUT2D eigenvalue weighted by Gasteiger charge is -2.31. The first-order chi connectivity index (χ1) is 8.00. The molecule has 1 unspecified atom stereocenters. The van der Waals surface area contributed by atoms with Crippen LogP contribution in [-0.4, -0.2) is 65.2 Å². The number of morpholine rings is 1. The largest absolute Gasteiger partial charge is 0.480 e. The van der Waals surface area contributed by atoms with E-state index in [0.717, 1.165) is 0 Å². The van der Waals surface area contributed by atoms with Crippen molar-refractivity contribution in [3.8, 4) is 0 Å². The van der Waals surface area contributed by atoms with Crippen molar-refractivity contribution >= 4 is 23.6 Å². The van der Waals surface area contributed by atoms with Gasteiger partial charge in [-0.05, 0) is 6.92 Å². The smallest absolute Gasteiger partial charge is 0.321 e. The van der Waals surface area contributed by atoms with Crippen molar-refractivity contribution < 1.29 is 19.4 Å². The van der Waals surface area contributed by atoms with Crippen LogP contribution in [0.2, 0.25) is 0 Å². The number of carbonyl (C=O) groups is 2. The van der Waals surface area contributed by atoms with E-state index in [-0.39, 0.29) is 23.5 Å². The van der Waals surface area contributed by atoms with Crippen LogP contribution in [-0.2, 0) is 14.3 Å². The van der Waals surface area contributed by atoms with Crippen LogP contribution >= 0.6 is 11.8 Å². The quantitative estimate of drug-likeness (QED) is 0.686. The van der Waals surface area contributed by atoms with Gasteiger partial charge in [0.15, 0.2) is 0 Å². The summed E-state index contributed by atoms with van der Waals surface area (Å²) in [4.78, 5) is 24.0. The highest BCUT2D eigenvalue weighted by Crippen LogP contribution is 2.09. The van der Waals surface area contributed by atoms with Gasteiger partial charge < -0.3 is 20.5 Å². The highest BCUT2D eigenvalue weighted by molar-refractivity contribution is 8.00. The number of carboxylic acids is 1. The number of nitrogens with zero attached hydrogens (tertiary/aromatic N) is 1. The fourth-order valence-electron chi connectivity index (χ4n) is 1.48. The molecular formula is C10H18N2O4S. The van der Waals surface area contributed by atoms with Crippen LogP contribution in [0.15, 0.2) is 0 Å². The summed E-state index contributed by atoms with van der Waals surface area (Å²) in [5, 5.41) is 8.58. The lowest BCUT2D eigenvalue weighted by molar-refractivity contribution is -0.138. The van der Waals surface area contributed by atoms with Crippen LogP contribution in [0.5, 0.6) is 0 Å². The van der Waals surface area contributed by atoms with Crippen molar-refractivity contribution in [2.75, 3.05) is 31.2 Å². The maximum Gasteiger partial charge on any atom is 0.321 e. The Hall–Kier alpha value is -0.790. The van der Waals surface area contributed by atoms with E-state index in [2.05, 4.69) is 0 Å². The molecule has 0 saturated carbocycles. The Labute approximate surface area is 104 Å². The molecule has 6 nitrogen and oxygen atoms in total. The molecule has 1 fully saturated rings. The minimum Gasteiger partial charge on any atom is -0.480 e. The minimum atomic E-state index is -1.04. The molecule has 0 bridgehead atoms. The van der Waals surface area contributed by atoms with E-state index < -0.39 is 12.0 Å². The van der Waals surface area contributed by atoms with Gasteiger partial charge in [0.1, 0.15) is 6.04 Å². The van der Waals surface area contributed by atoms with Gasteiger partial charge in [0.2, 0.25) is 5.91 Å². The van der Waals surface area contributed by atoms with Crippen molar-refractivity contribution in [2.45, 2.75) is 19.1 Å². The van der Waals surface area contributed by atoms with Crippen LogP contribution in [0.4, 0.5) is 0 Å². The number of thioether (sulfide) groups is 1. The zero-order valence-corrected chi connectivity index (χ0v) is 10.6. The fourth-order valence-corrected chi connectivity index (χ4v) is 2.35. The van der Waals surface area contributed by atoms with E-state index in [9.17, 15) is 9.59 Å². The molecule has 2 atom stereocenters. The molecule has 1 saturated heterocycles. The van der Waals surface area contributed by atoms with E-state index in [1.807, 2.05) is 6.92 Å². The fraction of sp³-hybridized carbons (Fsp3) is 0.800. The second-order valence-electron chi connectivity index (χ2n) is 3.98. The summed E-state index contributed by atoms with van der Waals surface area (Å²) in [6.45, 7) is 3.69. The Bertz CT molecular complexity index is 287. The van der Waals surface area contributed by atoms with Crippen LogP contribution in [0.1, 0.15) is 6.92 Å². The molecule has 0 aromatic heterocycles. The number of aliphatic carboxylic acids is 1. The molecule has 1 heterocycles. The Morgan fingerprint density at radius 1 is 1.65 bits per heavy atom. The first kappa shape index (κ1) is 14.3. The number of carboxylic acid groups (broad SMARTS) is 1. The van der Waals surface area contributed by atoms with Crippen LogP contribution in [0.3, 0.4) is 0 Å². The number of hydrogen-bond acceptors (Lipinski definition) is 5. The second-order valence-corrected chi connectivity index (χ2v) is 5.01. The monoisotopic (exact) mass is 262 g/mol. The minimum absolute atomic E-state index is 0.0164. The number of carbonyl (C=O) groups excluding carboxylic acids is 1. The summed E-state index contributed by atoms with van der Waals surface area (Å²) in [5.41, 5.74) is 5.34. The van der Waals surface area contributed by atoms with E-state index in [1.165, 1.54) is 11.8 Å². The SMILES string of the molecule is CC1CN(C(=O)CSC[C@H](N)C(=O)O)CCO1. The highest BCUT2D eigenvalue weighted by atomic mass is 32.2. The molecule has 17 heavy (non-hydrogen) atoms. The molecule has 3 N–H and O–H groups in total. The molecule has 0 aliphatic carbocycles. The third-order valence-corrected chi connectivity index (χ3v) is 3.48. The zero-order valence-electron chi connectivity index (χ0n) is 9.80.